The van der Waals surface area contributed by atoms with Crippen LogP contribution in [0.1, 0.15) is 29.3 Å². The Hall–Kier alpha value is -0.770. The first kappa shape index (κ1) is 16.2. The van der Waals surface area contributed by atoms with Gasteiger partial charge in [-0.1, -0.05) is 17.7 Å². The molecule has 17 heavy (non-hydrogen) atoms. The van der Waals surface area contributed by atoms with E-state index in [2.05, 4.69) is 5.32 Å². The van der Waals surface area contributed by atoms with E-state index in [1.807, 2.05) is 19.9 Å². The first-order valence-electron chi connectivity index (χ1n) is 5.30. The highest BCUT2D eigenvalue weighted by atomic mass is 35.5. The van der Waals surface area contributed by atoms with Crippen molar-refractivity contribution in [3.05, 3.63) is 34.3 Å². The lowest BCUT2D eigenvalue weighted by atomic mass is 10.1. The average molecular weight is 277 g/mol. The molecule has 0 aliphatic heterocycles. The van der Waals surface area contributed by atoms with E-state index in [1.54, 1.807) is 12.1 Å². The third kappa shape index (κ3) is 5.39. The second-order valence-electron chi connectivity index (χ2n) is 3.99. The summed E-state index contributed by atoms with van der Waals surface area (Å²) in [5.74, 6) is -0.109. The molecule has 0 fully saturated rings. The van der Waals surface area contributed by atoms with Crippen LogP contribution in [0.3, 0.4) is 0 Å². The summed E-state index contributed by atoms with van der Waals surface area (Å²) in [6.45, 7) is 4.40. The Kier molecular flexibility index (Phi) is 7.19. The number of hydrogen-bond donors (Lipinski definition) is 2. The predicted molar refractivity (Wildman–Crippen MR) is 74.0 cm³/mol. The molecule has 1 rings (SSSR count). The molecule has 3 N–H and O–H groups in total. The van der Waals surface area contributed by atoms with Crippen molar-refractivity contribution >= 4 is 29.9 Å². The molecule has 0 aliphatic carbocycles. The SMILES string of the molecule is Cc1ccc(C(=O)NCCC(C)N)cc1Cl.Cl. The molecule has 3 nitrogen and oxygen atoms in total. The number of carbonyl (C=O) groups is 1. The Morgan fingerprint density at radius 1 is 1.53 bits per heavy atom. The maximum Gasteiger partial charge on any atom is 0.251 e. The minimum Gasteiger partial charge on any atom is -0.352 e. The third-order valence-corrected chi connectivity index (χ3v) is 2.73. The van der Waals surface area contributed by atoms with Crippen molar-refractivity contribution in [2.24, 2.45) is 5.73 Å². The molecule has 5 heteroatoms. The molecule has 1 atom stereocenters. The lowest BCUT2D eigenvalue weighted by Gasteiger charge is -2.08. The number of benzene rings is 1. The van der Waals surface area contributed by atoms with Gasteiger partial charge in [-0.3, -0.25) is 4.79 Å². The Morgan fingerprint density at radius 2 is 2.18 bits per heavy atom. The van der Waals surface area contributed by atoms with Crippen molar-refractivity contribution in [1.82, 2.24) is 5.32 Å². The molecule has 0 heterocycles. The summed E-state index contributed by atoms with van der Waals surface area (Å²) in [6, 6.07) is 5.38. The van der Waals surface area contributed by atoms with Gasteiger partial charge < -0.3 is 11.1 Å². The van der Waals surface area contributed by atoms with E-state index in [1.165, 1.54) is 0 Å². The number of aryl methyl sites for hydroxylation is 1. The van der Waals surface area contributed by atoms with Crippen LogP contribution in [0.15, 0.2) is 18.2 Å². The third-order valence-electron chi connectivity index (χ3n) is 2.32. The van der Waals surface area contributed by atoms with Gasteiger partial charge in [0.1, 0.15) is 0 Å². The molecular weight excluding hydrogens is 259 g/mol. The highest BCUT2D eigenvalue weighted by Gasteiger charge is 2.06. The molecule has 0 saturated heterocycles. The maximum atomic E-state index is 11.7. The van der Waals surface area contributed by atoms with Crippen LogP contribution in [-0.2, 0) is 0 Å². The van der Waals surface area contributed by atoms with Crippen molar-refractivity contribution in [1.29, 1.82) is 0 Å². The number of amides is 1. The summed E-state index contributed by atoms with van der Waals surface area (Å²) in [5.41, 5.74) is 7.14. The highest BCUT2D eigenvalue weighted by Crippen LogP contribution is 2.16. The Balaban J connectivity index is 0.00000256. The molecule has 0 bridgehead atoms. The molecule has 1 aromatic carbocycles. The van der Waals surface area contributed by atoms with Crippen LogP contribution < -0.4 is 11.1 Å². The van der Waals surface area contributed by atoms with Crippen molar-refractivity contribution in [3.8, 4) is 0 Å². The summed E-state index contributed by atoms with van der Waals surface area (Å²) >= 11 is 5.94. The monoisotopic (exact) mass is 276 g/mol. The summed E-state index contributed by atoms with van der Waals surface area (Å²) in [7, 11) is 0. The van der Waals surface area contributed by atoms with Crippen LogP contribution in [0.5, 0.6) is 0 Å². The molecule has 0 spiro atoms. The van der Waals surface area contributed by atoms with Crippen LogP contribution in [-0.4, -0.2) is 18.5 Å². The van der Waals surface area contributed by atoms with Crippen molar-refractivity contribution < 1.29 is 4.79 Å². The number of rotatable bonds is 4. The van der Waals surface area contributed by atoms with Gasteiger partial charge in [-0.05, 0) is 38.0 Å². The average Bonchev–Trinajstić information content (AvgIpc) is 2.21. The fourth-order valence-corrected chi connectivity index (χ4v) is 1.43. The quantitative estimate of drug-likeness (QED) is 0.888. The lowest BCUT2D eigenvalue weighted by molar-refractivity contribution is 0.0953. The zero-order chi connectivity index (χ0) is 12.1. The summed E-state index contributed by atoms with van der Waals surface area (Å²) < 4.78 is 0. The normalized spacial score (nSPS) is 11.5. The topological polar surface area (TPSA) is 55.1 Å². The van der Waals surface area contributed by atoms with Crippen molar-refractivity contribution in [2.75, 3.05) is 6.54 Å². The van der Waals surface area contributed by atoms with E-state index in [9.17, 15) is 4.79 Å². The molecule has 96 valence electrons. The first-order valence-corrected chi connectivity index (χ1v) is 5.68. The van der Waals surface area contributed by atoms with Crippen molar-refractivity contribution in [2.45, 2.75) is 26.3 Å². The van der Waals surface area contributed by atoms with Gasteiger partial charge in [0.25, 0.3) is 5.91 Å². The van der Waals surface area contributed by atoms with Gasteiger partial charge in [0, 0.05) is 23.2 Å². The minimum atomic E-state index is -0.109. The molecule has 1 unspecified atom stereocenters. The number of hydrogen-bond acceptors (Lipinski definition) is 2. The van der Waals surface area contributed by atoms with E-state index < -0.39 is 0 Å². The van der Waals surface area contributed by atoms with Crippen LogP contribution in [0, 0.1) is 6.92 Å². The predicted octanol–water partition coefficient (Wildman–Crippen LogP) is 2.54. The van der Waals surface area contributed by atoms with Gasteiger partial charge in [0.15, 0.2) is 0 Å². The van der Waals surface area contributed by atoms with Gasteiger partial charge in [-0.2, -0.15) is 0 Å². The Morgan fingerprint density at radius 3 is 2.71 bits per heavy atom. The van der Waals surface area contributed by atoms with E-state index in [-0.39, 0.29) is 24.4 Å². The summed E-state index contributed by atoms with van der Waals surface area (Å²) in [5, 5.41) is 3.41. The van der Waals surface area contributed by atoms with Gasteiger partial charge in [-0.25, -0.2) is 0 Å². The van der Waals surface area contributed by atoms with Gasteiger partial charge in [0.2, 0.25) is 0 Å². The molecule has 0 radical (unpaired) electrons. The number of carbonyl (C=O) groups excluding carboxylic acids is 1. The molecule has 0 aliphatic rings. The number of nitrogens with one attached hydrogen (secondary N) is 1. The van der Waals surface area contributed by atoms with Gasteiger partial charge in [0.05, 0.1) is 0 Å². The minimum absolute atomic E-state index is 0. The Labute approximate surface area is 113 Å². The van der Waals surface area contributed by atoms with Crippen LogP contribution >= 0.6 is 24.0 Å². The van der Waals surface area contributed by atoms with Crippen molar-refractivity contribution in [3.63, 3.8) is 0 Å². The zero-order valence-corrected chi connectivity index (χ0v) is 11.6. The second-order valence-corrected chi connectivity index (χ2v) is 4.39. The van der Waals surface area contributed by atoms with Crippen LogP contribution in [0.4, 0.5) is 0 Å². The van der Waals surface area contributed by atoms with Gasteiger partial charge in [-0.15, -0.1) is 12.4 Å². The van der Waals surface area contributed by atoms with Crippen LogP contribution in [0.2, 0.25) is 5.02 Å². The Bertz CT molecular complexity index is 381. The van der Waals surface area contributed by atoms with Crippen LogP contribution in [0.25, 0.3) is 0 Å². The molecule has 0 saturated carbocycles. The molecule has 0 aromatic heterocycles. The highest BCUT2D eigenvalue weighted by molar-refractivity contribution is 6.31. The van der Waals surface area contributed by atoms with E-state index in [0.717, 1.165) is 12.0 Å². The smallest absolute Gasteiger partial charge is 0.251 e. The standard InChI is InChI=1S/C12H17ClN2O.ClH/c1-8-3-4-10(7-11(8)13)12(16)15-6-5-9(2)14;/h3-4,7,9H,5-6,14H2,1-2H3,(H,15,16);1H. The fourth-order valence-electron chi connectivity index (χ4n) is 1.25. The van der Waals surface area contributed by atoms with Gasteiger partial charge >= 0.3 is 0 Å². The molecule has 1 aromatic rings. The maximum absolute atomic E-state index is 11.7. The summed E-state index contributed by atoms with van der Waals surface area (Å²) in [6.07, 6.45) is 0.769. The second kappa shape index (κ2) is 7.54. The largest absolute Gasteiger partial charge is 0.352 e. The number of nitrogens with two attached hydrogens (primary N) is 1. The summed E-state index contributed by atoms with van der Waals surface area (Å²) in [4.78, 5) is 11.7. The van der Waals surface area contributed by atoms with E-state index in [4.69, 9.17) is 17.3 Å². The number of halogens is 2. The zero-order valence-electron chi connectivity index (χ0n) is 10.00. The first-order chi connectivity index (χ1) is 7.50. The lowest BCUT2D eigenvalue weighted by Crippen LogP contribution is -2.28. The van der Waals surface area contributed by atoms with E-state index in [0.29, 0.717) is 17.1 Å². The fraction of sp³-hybridized carbons (Fsp3) is 0.417. The molecular formula is C12H18Cl2N2O. The van der Waals surface area contributed by atoms with E-state index >= 15 is 0 Å². The molecule has 1 amide bonds.